The van der Waals surface area contributed by atoms with Crippen molar-refractivity contribution in [2.24, 2.45) is 0 Å². The Balaban J connectivity index is 1.76. The zero-order chi connectivity index (χ0) is 24.0. The minimum atomic E-state index is -4.08. The molecule has 0 fully saturated rings. The van der Waals surface area contributed by atoms with Gasteiger partial charge in [0.25, 0.3) is 0 Å². The van der Waals surface area contributed by atoms with Crippen molar-refractivity contribution in [2.45, 2.75) is 11.4 Å². The Morgan fingerprint density at radius 2 is 1.18 bits per heavy atom. The van der Waals surface area contributed by atoms with Gasteiger partial charge in [-0.1, -0.05) is 103 Å². The van der Waals surface area contributed by atoms with E-state index in [2.05, 4.69) is 5.32 Å². The Hall–Kier alpha value is -3.21. The Labute approximate surface area is 200 Å². The van der Waals surface area contributed by atoms with Gasteiger partial charge in [-0.25, -0.2) is 0 Å². The van der Waals surface area contributed by atoms with Crippen molar-refractivity contribution in [3.8, 4) is 5.75 Å². The molecule has 0 saturated carbocycles. The van der Waals surface area contributed by atoms with Gasteiger partial charge in [-0.05, 0) is 34.4 Å². The second-order valence-electron chi connectivity index (χ2n) is 8.09. The zero-order valence-corrected chi connectivity index (χ0v) is 19.8. The Bertz CT molecular complexity index is 1140. The maximum absolute atomic E-state index is 13.4. The first kappa shape index (κ1) is 23.9. The van der Waals surface area contributed by atoms with Crippen LogP contribution in [-0.2, 0) is 10.1 Å². The number of rotatable bonds is 9. The van der Waals surface area contributed by atoms with Crippen LogP contribution in [0.3, 0.4) is 0 Å². The van der Waals surface area contributed by atoms with Gasteiger partial charge in [0.15, 0.2) is 5.85 Å². The van der Waals surface area contributed by atoms with Crippen LogP contribution in [0.2, 0.25) is 0 Å². The molecular formula is C28H28NO4P. The van der Waals surface area contributed by atoms with Gasteiger partial charge >= 0.3 is 0 Å². The normalized spacial score (nSPS) is 14.2. The monoisotopic (exact) mass is 473 g/mol. The first-order valence-electron chi connectivity index (χ1n) is 11.0. The third kappa shape index (κ3) is 4.84. The van der Waals surface area contributed by atoms with E-state index in [0.29, 0.717) is 11.3 Å². The number of aliphatic hydroxyl groups is 1. The summed E-state index contributed by atoms with van der Waals surface area (Å²) in [6.45, 7) is 0. The van der Waals surface area contributed by atoms with E-state index in [1.165, 1.54) is 0 Å². The number of nitrogens with one attached hydrogen (secondary N) is 1. The molecule has 34 heavy (non-hydrogen) atoms. The third-order valence-electron chi connectivity index (χ3n) is 5.99. The lowest BCUT2D eigenvalue weighted by Gasteiger charge is -2.38. The number of hydrogen-bond acceptors (Lipinski definition) is 4. The van der Waals surface area contributed by atoms with Crippen LogP contribution in [0.25, 0.3) is 0 Å². The fraction of sp³-hybridized carbons (Fsp3) is 0.143. The lowest BCUT2D eigenvalue weighted by Crippen LogP contribution is -2.45. The van der Waals surface area contributed by atoms with Gasteiger partial charge in [0.05, 0.1) is 18.9 Å². The van der Waals surface area contributed by atoms with Crippen molar-refractivity contribution >= 4 is 7.37 Å². The summed E-state index contributed by atoms with van der Waals surface area (Å²) in [4.78, 5) is 11.0. The molecule has 0 aromatic heterocycles. The van der Waals surface area contributed by atoms with Crippen molar-refractivity contribution in [3.05, 3.63) is 138 Å². The van der Waals surface area contributed by atoms with Gasteiger partial charge in [0.2, 0.25) is 7.37 Å². The lowest BCUT2D eigenvalue weighted by atomic mass is 9.77. The molecule has 0 aliphatic heterocycles. The Morgan fingerprint density at radius 3 is 1.56 bits per heavy atom. The minimum absolute atomic E-state index is 0.307. The summed E-state index contributed by atoms with van der Waals surface area (Å²) in [5.74, 6) is -0.927. The molecule has 3 N–H and O–H groups in total. The number of ether oxygens (including phenoxy) is 1. The van der Waals surface area contributed by atoms with E-state index in [-0.39, 0.29) is 6.29 Å². The van der Waals surface area contributed by atoms with Gasteiger partial charge in [0.1, 0.15) is 5.75 Å². The highest BCUT2D eigenvalue weighted by atomic mass is 31.2. The molecule has 4 aromatic carbocycles. The lowest BCUT2D eigenvalue weighted by molar-refractivity contribution is 0.232. The maximum atomic E-state index is 13.4. The minimum Gasteiger partial charge on any atom is -0.497 e. The molecule has 5 nitrogen and oxygen atoms in total. The van der Waals surface area contributed by atoms with Crippen molar-refractivity contribution in [1.82, 2.24) is 5.32 Å². The van der Waals surface area contributed by atoms with Crippen molar-refractivity contribution in [3.63, 3.8) is 0 Å². The first-order chi connectivity index (χ1) is 16.5. The predicted octanol–water partition coefficient (Wildman–Crippen LogP) is 5.50. The molecule has 0 spiro atoms. The number of benzene rings is 4. The Morgan fingerprint density at radius 1 is 0.765 bits per heavy atom. The van der Waals surface area contributed by atoms with E-state index in [1.54, 1.807) is 31.4 Å². The average molecular weight is 474 g/mol. The molecule has 2 unspecified atom stereocenters. The van der Waals surface area contributed by atoms with Crippen LogP contribution < -0.4 is 10.1 Å². The fourth-order valence-corrected chi connectivity index (χ4v) is 5.47. The quantitative estimate of drug-likeness (QED) is 0.221. The number of aliphatic hydroxyl groups excluding tert-OH is 1. The number of hydrogen-bond donors (Lipinski definition) is 3. The van der Waals surface area contributed by atoms with Gasteiger partial charge < -0.3 is 14.7 Å². The van der Waals surface area contributed by atoms with Crippen LogP contribution in [0.15, 0.2) is 115 Å². The average Bonchev–Trinajstić information content (AvgIpc) is 2.90. The third-order valence-corrected chi connectivity index (χ3v) is 7.66. The molecule has 0 amide bonds. The SMILES string of the molecule is COc1ccc(C(O)P(=O)(O)CNC(c2ccccc2)(c2ccccc2)c2ccccc2)cc1. The zero-order valence-electron chi connectivity index (χ0n) is 18.9. The molecule has 0 radical (unpaired) electrons. The van der Waals surface area contributed by atoms with Crippen LogP contribution >= 0.6 is 7.37 Å². The highest BCUT2D eigenvalue weighted by Gasteiger charge is 2.40. The predicted molar refractivity (Wildman–Crippen MR) is 135 cm³/mol. The summed E-state index contributed by atoms with van der Waals surface area (Å²) in [6.07, 6.45) is -0.307. The van der Waals surface area contributed by atoms with Gasteiger partial charge in [-0.15, -0.1) is 0 Å². The van der Waals surface area contributed by atoms with E-state index >= 15 is 0 Å². The van der Waals surface area contributed by atoms with E-state index in [9.17, 15) is 14.6 Å². The Kier molecular flexibility index (Phi) is 7.30. The summed E-state index contributed by atoms with van der Waals surface area (Å²) in [5.41, 5.74) is 2.23. The topological polar surface area (TPSA) is 78.8 Å². The van der Waals surface area contributed by atoms with Crippen molar-refractivity contribution in [1.29, 1.82) is 0 Å². The van der Waals surface area contributed by atoms with Gasteiger partial charge in [-0.2, -0.15) is 0 Å². The highest BCUT2D eigenvalue weighted by molar-refractivity contribution is 7.58. The second kappa shape index (κ2) is 10.4. The van der Waals surface area contributed by atoms with Crippen molar-refractivity contribution in [2.75, 3.05) is 13.4 Å². The summed E-state index contributed by atoms with van der Waals surface area (Å²) < 4.78 is 18.6. The van der Waals surface area contributed by atoms with Crippen LogP contribution in [0.4, 0.5) is 0 Å². The molecule has 4 aromatic rings. The highest BCUT2D eigenvalue weighted by Crippen LogP contribution is 2.54. The molecule has 6 heteroatoms. The molecule has 174 valence electrons. The van der Waals surface area contributed by atoms with Crippen molar-refractivity contribution < 1.29 is 19.3 Å². The molecule has 4 rings (SSSR count). The van der Waals surface area contributed by atoms with E-state index in [4.69, 9.17) is 4.74 Å². The molecular weight excluding hydrogens is 445 g/mol. The summed E-state index contributed by atoms with van der Waals surface area (Å²) in [5, 5.41) is 14.2. The van der Waals surface area contributed by atoms with Crippen LogP contribution in [-0.4, -0.2) is 23.4 Å². The smallest absolute Gasteiger partial charge is 0.245 e. The van der Waals surface area contributed by atoms with Crippen LogP contribution in [0.1, 0.15) is 28.1 Å². The maximum Gasteiger partial charge on any atom is 0.245 e. The summed E-state index contributed by atoms with van der Waals surface area (Å²) in [6, 6.07) is 36.0. The summed E-state index contributed by atoms with van der Waals surface area (Å²) in [7, 11) is -2.54. The van der Waals surface area contributed by atoms with Crippen LogP contribution in [0, 0.1) is 0 Å². The van der Waals surface area contributed by atoms with E-state index < -0.39 is 18.8 Å². The molecule has 0 aliphatic carbocycles. The molecule has 0 saturated heterocycles. The largest absolute Gasteiger partial charge is 0.497 e. The number of methoxy groups -OCH3 is 1. The standard InChI is InChI=1S/C28H28NO4P/c1-33-26-19-17-22(18-20-26)27(30)34(31,32)21-29-28(23-11-5-2-6-12-23,24-13-7-3-8-14-24)25-15-9-4-10-16-25/h2-20,27,29-30H,21H2,1H3,(H,31,32). The molecule has 0 aliphatic rings. The summed E-state index contributed by atoms with van der Waals surface area (Å²) >= 11 is 0. The van der Waals surface area contributed by atoms with Gasteiger partial charge in [0, 0.05) is 0 Å². The second-order valence-corrected chi connectivity index (χ2v) is 10.4. The first-order valence-corrected chi connectivity index (χ1v) is 12.9. The molecule has 0 heterocycles. The fourth-order valence-electron chi connectivity index (χ4n) is 4.20. The van der Waals surface area contributed by atoms with Crippen LogP contribution in [0.5, 0.6) is 5.75 Å². The van der Waals surface area contributed by atoms with E-state index in [1.807, 2.05) is 91.0 Å². The molecule has 2 atom stereocenters. The van der Waals surface area contributed by atoms with E-state index in [0.717, 1.165) is 16.7 Å². The molecule has 0 bridgehead atoms. The van der Waals surface area contributed by atoms with Gasteiger partial charge in [-0.3, -0.25) is 9.88 Å².